The van der Waals surface area contributed by atoms with Crippen LogP contribution in [0.1, 0.15) is 24.0 Å². The average Bonchev–Trinajstić information content (AvgIpc) is 2.75. The van der Waals surface area contributed by atoms with E-state index in [1.54, 1.807) is 0 Å². The molecule has 3 rings (SSSR count). The lowest BCUT2D eigenvalue weighted by Gasteiger charge is -2.32. The molecule has 1 heterocycles. The zero-order chi connectivity index (χ0) is 23.7. The van der Waals surface area contributed by atoms with E-state index in [-0.39, 0.29) is 49.0 Å². The molecule has 0 saturated carbocycles. The van der Waals surface area contributed by atoms with Crippen LogP contribution in [0.4, 0.5) is 17.6 Å². The Kier molecular flexibility index (Phi) is 7.16. The monoisotopic (exact) mass is 492 g/mol. The number of hydrogen-bond donors (Lipinski definition) is 0. The minimum Gasteiger partial charge on any atom is -0.341 e. The van der Waals surface area contributed by atoms with Crippen LogP contribution in [0, 0.1) is 11.7 Å². The number of rotatable bonds is 5. The molecule has 0 aromatic heterocycles. The predicted octanol–water partition coefficient (Wildman–Crippen LogP) is 4.56. The maximum absolute atomic E-state index is 14.0. The SMILES string of the molecule is CN(Cc1c(F)cccc1Cl)C(=O)C1CCN(S(=O)(=O)c2cccc(C(F)(F)F)c2)CC1. The lowest BCUT2D eigenvalue weighted by Crippen LogP contribution is -2.43. The number of hydrogen-bond acceptors (Lipinski definition) is 3. The lowest BCUT2D eigenvalue weighted by atomic mass is 9.96. The van der Waals surface area contributed by atoms with E-state index < -0.39 is 38.4 Å². The van der Waals surface area contributed by atoms with Crippen LogP contribution in [0.15, 0.2) is 47.4 Å². The molecule has 0 atom stereocenters. The molecule has 2 aromatic rings. The number of carbonyl (C=O) groups is 1. The quantitative estimate of drug-likeness (QED) is 0.575. The first kappa shape index (κ1) is 24.5. The molecule has 1 saturated heterocycles. The number of benzene rings is 2. The largest absolute Gasteiger partial charge is 0.416 e. The number of amides is 1. The molecule has 1 aliphatic rings. The highest BCUT2D eigenvalue weighted by Gasteiger charge is 2.36. The van der Waals surface area contributed by atoms with Gasteiger partial charge in [-0.2, -0.15) is 17.5 Å². The van der Waals surface area contributed by atoms with Gasteiger partial charge in [-0.15, -0.1) is 0 Å². The molecule has 0 aliphatic carbocycles. The average molecular weight is 493 g/mol. The van der Waals surface area contributed by atoms with Crippen molar-refractivity contribution in [1.82, 2.24) is 9.21 Å². The third-order valence-electron chi connectivity index (χ3n) is 5.44. The van der Waals surface area contributed by atoms with Gasteiger partial charge in [0.25, 0.3) is 0 Å². The van der Waals surface area contributed by atoms with Crippen LogP contribution < -0.4 is 0 Å². The molecule has 1 amide bonds. The fraction of sp³-hybridized carbons (Fsp3) is 0.381. The first-order chi connectivity index (χ1) is 14.9. The number of halogens is 5. The second kappa shape index (κ2) is 9.36. The van der Waals surface area contributed by atoms with E-state index in [0.717, 1.165) is 22.5 Å². The molecule has 2 aromatic carbocycles. The number of carbonyl (C=O) groups excluding carboxylic acids is 1. The second-order valence-electron chi connectivity index (χ2n) is 7.60. The van der Waals surface area contributed by atoms with E-state index in [0.29, 0.717) is 6.07 Å². The highest BCUT2D eigenvalue weighted by atomic mass is 35.5. The van der Waals surface area contributed by atoms with Gasteiger partial charge in [-0.1, -0.05) is 23.7 Å². The summed E-state index contributed by atoms with van der Waals surface area (Å²) >= 11 is 6.01. The van der Waals surface area contributed by atoms with E-state index in [2.05, 4.69) is 0 Å². The summed E-state index contributed by atoms with van der Waals surface area (Å²) in [7, 11) is -2.62. The molecular formula is C21H21ClF4N2O3S. The Morgan fingerprint density at radius 2 is 1.78 bits per heavy atom. The van der Waals surface area contributed by atoms with E-state index in [1.807, 2.05) is 0 Å². The molecule has 1 aliphatic heterocycles. The van der Waals surface area contributed by atoms with Crippen LogP contribution in [0.25, 0.3) is 0 Å². The molecule has 1 fully saturated rings. The summed E-state index contributed by atoms with van der Waals surface area (Å²) in [5, 5.41) is 0.201. The van der Waals surface area contributed by atoms with Gasteiger partial charge in [0.15, 0.2) is 0 Å². The van der Waals surface area contributed by atoms with Crippen LogP contribution in [-0.4, -0.2) is 43.7 Å². The minimum atomic E-state index is -4.66. The summed E-state index contributed by atoms with van der Waals surface area (Å²) in [6.45, 7) is -0.0559. The zero-order valence-corrected chi connectivity index (χ0v) is 18.6. The summed E-state index contributed by atoms with van der Waals surface area (Å²) in [5.41, 5.74) is -0.855. The van der Waals surface area contributed by atoms with Crippen molar-refractivity contribution in [3.05, 3.63) is 64.4 Å². The van der Waals surface area contributed by atoms with Gasteiger partial charge in [0, 0.05) is 43.2 Å². The number of alkyl halides is 3. The lowest BCUT2D eigenvalue weighted by molar-refractivity contribution is -0.138. The Bertz CT molecular complexity index is 1080. The van der Waals surface area contributed by atoms with E-state index >= 15 is 0 Å². The molecule has 0 unspecified atom stereocenters. The smallest absolute Gasteiger partial charge is 0.341 e. The molecular weight excluding hydrogens is 472 g/mol. The van der Waals surface area contributed by atoms with Crippen molar-refractivity contribution in [1.29, 1.82) is 0 Å². The number of piperidine rings is 1. The fourth-order valence-corrected chi connectivity index (χ4v) is 5.37. The molecule has 0 radical (unpaired) electrons. The Labute approximate surface area is 188 Å². The first-order valence-corrected chi connectivity index (χ1v) is 11.6. The van der Waals surface area contributed by atoms with E-state index in [4.69, 9.17) is 11.6 Å². The zero-order valence-electron chi connectivity index (χ0n) is 17.1. The Morgan fingerprint density at radius 3 is 2.38 bits per heavy atom. The molecule has 11 heteroatoms. The summed E-state index contributed by atoms with van der Waals surface area (Å²) in [5.74, 6) is -1.29. The topological polar surface area (TPSA) is 57.7 Å². The molecule has 0 bridgehead atoms. The van der Waals surface area contributed by atoms with Crippen molar-refractivity contribution in [2.45, 2.75) is 30.5 Å². The maximum atomic E-state index is 14.0. The molecule has 174 valence electrons. The summed E-state index contributed by atoms with van der Waals surface area (Å²) < 4.78 is 79.5. The predicted molar refractivity (Wildman–Crippen MR) is 111 cm³/mol. The van der Waals surface area contributed by atoms with Crippen molar-refractivity contribution in [2.24, 2.45) is 5.92 Å². The number of sulfonamides is 1. The fourth-order valence-electron chi connectivity index (χ4n) is 3.64. The highest BCUT2D eigenvalue weighted by molar-refractivity contribution is 7.89. The normalized spacial score (nSPS) is 16.2. The molecule has 32 heavy (non-hydrogen) atoms. The van der Waals surface area contributed by atoms with Gasteiger partial charge in [-0.05, 0) is 43.2 Å². The maximum Gasteiger partial charge on any atom is 0.416 e. The molecule has 5 nitrogen and oxygen atoms in total. The Morgan fingerprint density at radius 1 is 1.16 bits per heavy atom. The second-order valence-corrected chi connectivity index (χ2v) is 9.94. The van der Waals surface area contributed by atoms with Crippen LogP contribution >= 0.6 is 11.6 Å². The van der Waals surface area contributed by atoms with Crippen LogP contribution in [0.2, 0.25) is 5.02 Å². The van der Waals surface area contributed by atoms with E-state index in [1.165, 1.54) is 30.1 Å². The number of nitrogens with zero attached hydrogens (tertiary/aromatic N) is 2. The molecule has 0 N–H and O–H groups in total. The van der Waals surface area contributed by atoms with Gasteiger partial charge < -0.3 is 4.90 Å². The van der Waals surface area contributed by atoms with Gasteiger partial charge in [-0.3, -0.25) is 4.79 Å². The summed E-state index contributed by atoms with van der Waals surface area (Å²) in [4.78, 5) is 13.7. The minimum absolute atomic E-state index is 0.0106. The van der Waals surface area contributed by atoms with Gasteiger partial charge in [-0.25, -0.2) is 12.8 Å². The summed E-state index contributed by atoms with van der Waals surface area (Å²) in [6, 6.07) is 7.82. The van der Waals surface area contributed by atoms with Crippen molar-refractivity contribution < 1.29 is 30.8 Å². The van der Waals surface area contributed by atoms with Gasteiger partial charge in [0.2, 0.25) is 15.9 Å². The molecule has 0 spiro atoms. The van der Waals surface area contributed by atoms with Crippen molar-refractivity contribution in [2.75, 3.05) is 20.1 Å². The van der Waals surface area contributed by atoms with Crippen LogP contribution in [0.5, 0.6) is 0 Å². The van der Waals surface area contributed by atoms with Crippen molar-refractivity contribution in [3.63, 3.8) is 0 Å². The van der Waals surface area contributed by atoms with Crippen molar-refractivity contribution in [3.8, 4) is 0 Å². The van der Waals surface area contributed by atoms with Crippen LogP contribution in [-0.2, 0) is 27.5 Å². The first-order valence-electron chi connectivity index (χ1n) is 9.76. The van der Waals surface area contributed by atoms with Gasteiger partial charge in [0.1, 0.15) is 5.82 Å². The Hall–Kier alpha value is -2.17. The van der Waals surface area contributed by atoms with Gasteiger partial charge in [0.05, 0.1) is 10.5 Å². The van der Waals surface area contributed by atoms with Crippen molar-refractivity contribution >= 4 is 27.5 Å². The summed E-state index contributed by atoms with van der Waals surface area (Å²) in [6.07, 6.45) is -4.25. The third-order valence-corrected chi connectivity index (χ3v) is 7.68. The standard InChI is InChI=1S/C21H21ClF4N2O3S/c1-27(13-17-18(22)6-3-7-19(17)23)20(29)14-8-10-28(11-9-14)32(30,31)16-5-2-4-15(12-16)21(24,25)26/h2-7,12,14H,8-11,13H2,1H3. The van der Waals surface area contributed by atoms with Gasteiger partial charge >= 0.3 is 6.18 Å². The van der Waals surface area contributed by atoms with E-state index in [9.17, 15) is 30.8 Å². The Balaban J connectivity index is 1.66. The third kappa shape index (κ3) is 5.24. The highest BCUT2D eigenvalue weighted by Crippen LogP contribution is 2.32. The van der Waals surface area contributed by atoms with Crippen LogP contribution in [0.3, 0.4) is 0 Å².